The summed E-state index contributed by atoms with van der Waals surface area (Å²) in [6.07, 6.45) is 0. The van der Waals surface area contributed by atoms with Gasteiger partial charge in [-0.2, -0.15) is 4.98 Å². The molecule has 2 aromatic carbocycles. The van der Waals surface area contributed by atoms with E-state index in [0.717, 1.165) is 42.4 Å². The molecule has 0 bridgehead atoms. The first-order valence-corrected chi connectivity index (χ1v) is 10.7. The average Bonchev–Trinajstić information content (AvgIpc) is 3.41. The lowest BCUT2D eigenvalue weighted by atomic mass is 10.1. The van der Waals surface area contributed by atoms with Gasteiger partial charge in [-0.25, -0.2) is 4.98 Å². The minimum Gasteiger partial charge on any atom is -0.345 e. The molecule has 4 aromatic rings. The summed E-state index contributed by atoms with van der Waals surface area (Å²) in [6.45, 7) is 7.99. The normalized spacial score (nSPS) is 16.4. The molecule has 7 heteroatoms. The molecule has 0 aliphatic carbocycles. The lowest BCUT2D eigenvalue weighted by Gasteiger charge is -2.36. The fourth-order valence-electron chi connectivity index (χ4n) is 3.68. The van der Waals surface area contributed by atoms with Gasteiger partial charge in [-0.05, 0) is 26.0 Å². The SMILES string of the molecule is Cc1ccc(-c2noc(C(C)N3CCN(c4nc5ccccc5s4)CC3)n2)cc1. The fourth-order valence-corrected chi connectivity index (χ4v) is 4.69. The van der Waals surface area contributed by atoms with Crippen molar-refractivity contribution in [2.45, 2.75) is 19.9 Å². The van der Waals surface area contributed by atoms with E-state index in [-0.39, 0.29) is 6.04 Å². The second kappa shape index (κ2) is 7.57. The monoisotopic (exact) mass is 405 g/mol. The zero-order valence-electron chi connectivity index (χ0n) is 16.6. The van der Waals surface area contributed by atoms with Crippen molar-refractivity contribution in [1.29, 1.82) is 0 Å². The number of hydrogen-bond acceptors (Lipinski definition) is 7. The number of nitrogens with zero attached hydrogens (tertiary/aromatic N) is 5. The van der Waals surface area contributed by atoms with E-state index < -0.39 is 0 Å². The Balaban J connectivity index is 1.25. The third kappa shape index (κ3) is 3.63. The molecule has 0 amide bonds. The Labute approximate surface area is 173 Å². The number of rotatable bonds is 4. The van der Waals surface area contributed by atoms with Gasteiger partial charge < -0.3 is 9.42 Å². The smallest absolute Gasteiger partial charge is 0.244 e. The number of aromatic nitrogens is 3. The molecule has 0 radical (unpaired) electrons. The molecule has 0 spiro atoms. The van der Waals surface area contributed by atoms with Gasteiger partial charge in [0.2, 0.25) is 11.7 Å². The zero-order chi connectivity index (χ0) is 19.8. The van der Waals surface area contributed by atoms with E-state index in [1.807, 2.05) is 18.2 Å². The van der Waals surface area contributed by atoms with Crippen LogP contribution in [0.5, 0.6) is 0 Å². The quantitative estimate of drug-likeness (QED) is 0.497. The predicted octanol–water partition coefficient (Wildman–Crippen LogP) is 4.54. The molecule has 1 aliphatic heterocycles. The number of fused-ring (bicyclic) bond motifs is 1. The van der Waals surface area contributed by atoms with Gasteiger partial charge in [0.25, 0.3) is 0 Å². The van der Waals surface area contributed by atoms with Crippen molar-refractivity contribution >= 4 is 26.7 Å². The first-order valence-electron chi connectivity index (χ1n) is 9.92. The van der Waals surface area contributed by atoms with E-state index in [1.54, 1.807) is 11.3 Å². The van der Waals surface area contributed by atoms with E-state index >= 15 is 0 Å². The minimum atomic E-state index is 0.0965. The Morgan fingerprint density at radius 3 is 2.48 bits per heavy atom. The molecule has 1 aliphatic rings. The van der Waals surface area contributed by atoms with Crippen molar-refractivity contribution in [1.82, 2.24) is 20.0 Å². The third-order valence-electron chi connectivity index (χ3n) is 5.52. The molecule has 6 nitrogen and oxygen atoms in total. The summed E-state index contributed by atoms with van der Waals surface area (Å²) in [7, 11) is 0. The van der Waals surface area contributed by atoms with Gasteiger partial charge in [0.15, 0.2) is 5.13 Å². The molecule has 29 heavy (non-hydrogen) atoms. The summed E-state index contributed by atoms with van der Waals surface area (Å²) in [5.74, 6) is 1.33. The molecule has 2 aromatic heterocycles. The Bertz CT molecular complexity index is 1080. The topological polar surface area (TPSA) is 58.3 Å². The van der Waals surface area contributed by atoms with Gasteiger partial charge in [0.05, 0.1) is 16.3 Å². The van der Waals surface area contributed by atoms with E-state index in [9.17, 15) is 0 Å². The number of para-hydroxylation sites is 1. The average molecular weight is 406 g/mol. The van der Waals surface area contributed by atoms with Crippen molar-refractivity contribution in [3.8, 4) is 11.4 Å². The highest BCUT2D eigenvalue weighted by atomic mass is 32.1. The standard InChI is InChI=1S/C22H23N5OS/c1-15-7-9-17(10-8-15)20-24-21(28-25-20)16(2)26-11-13-27(14-12-26)22-23-18-5-3-4-6-19(18)29-22/h3-10,16H,11-14H2,1-2H3. The molecular formula is C22H23N5OS. The van der Waals surface area contributed by atoms with Crippen molar-refractivity contribution in [3.05, 3.63) is 60.0 Å². The lowest BCUT2D eigenvalue weighted by Crippen LogP contribution is -2.47. The molecule has 148 valence electrons. The Morgan fingerprint density at radius 1 is 0.966 bits per heavy atom. The third-order valence-corrected chi connectivity index (χ3v) is 6.62. The maximum absolute atomic E-state index is 5.59. The second-order valence-electron chi connectivity index (χ2n) is 7.49. The van der Waals surface area contributed by atoms with Crippen LogP contribution in [0.15, 0.2) is 53.1 Å². The number of piperazine rings is 1. The summed E-state index contributed by atoms with van der Waals surface area (Å²) >= 11 is 1.77. The highest BCUT2D eigenvalue weighted by Crippen LogP contribution is 2.30. The zero-order valence-corrected chi connectivity index (χ0v) is 17.4. The molecule has 0 N–H and O–H groups in total. The maximum atomic E-state index is 5.59. The highest BCUT2D eigenvalue weighted by molar-refractivity contribution is 7.22. The van der Waals surface area contributed by atoms with E-state index in [1.165, 1.54) is 10.3 Å². The Hall–Kier alpha value is -2.77. The number of aryl methyl sites for hydroxylation is 1. The minimum absolute atomic E-state index is 0.0965. The number of benzene rings is 2. The number of thiazole rings is 1. The Morgan fingerprint density at radius 2 is 1.72 bits per heavy atom. The molecule has 1 unspecified atom stereocenters. The summed E-state index contributed by atoms with van der Waals surface area (Å²) in [5.41, 5.74) is 3.29. The molecule has 0 saturated carbocycles. The van der Waals surface area contributed by atoms with Crippen LogP contribution < -0.4 is 4.90 Å². The maximum Gasteiger partial charge on any atom is 0.244 e. The van der Waals surface area contributed by atoms with Gasteiger partial charge in [0.1, 0.15) is 0 Å². The first-order chi connectivity index (χ1) is 14.2. The van der Waals surface area contributed by atoms with Crippen LogP contribution in [0.1, 0.15) is 24.4 Å². The molecule has 1 saturated heterocycles. The van der Waals surface area contributed by atoms with Crippen LogP contribution in [0.25, 0.3) is 21.6 Å². The van der Waals surface area contributed by atoms with Gasteiger partial charge in [-0.3, -0.25) is 4.90 Å². The van der Waals surface area contributed by atoms with Crippen LogP contribution in [0, 0.1) is 6.92 Å². The largest absolute Gasteiger partial charge is 0.345 e. The van der Waals surface area contributed by atoms with Crippen LogP contribution in [-0.2, 0) is 0 Å². The molecule has 1 atom stereocenters. The van der Waals surface area contributed by atoms with Gasteiger partial charge in [-0.15, -0.1) is 0 Å². The van der Waals surface area contributed by atoms with Crippen LogP contribution in [0.2, 0.25) is 0 Å². The molecule has 5 rings (SSSR count). The van der Waals surface area contributed by atoms with Crippen molar-refractivity contribution in [3.63, 3.8) is 0 Å². The Kier molecular flexibility index (Phi) is 4.77. The number of hydrogen-bond donors (Lipinski definition) is 0. The van der Waals surface area contributed by atoms with Gasteiger partial charge in [-0.1, -0.05) is 58.5 Å². The van der Waals surface area contributed by atoms with Crippen molar-refractivity contribution in [2.75, 3.05) is 31.1 Å². The van der Waals surface area contributed by atoms with Crippen LogP contribution in [-0.4, -0.2) is 46.2 Å². The highest BCUT2D eigenvalue weighted by Gasteiger charge is 2.27. The second-order valence-corrected chi connectivity index (χ2v) is 8.49. The summed E-state index contributed by atoms with van der Waals surface area (Å²) < 4.78 is 6.83. The molecular weight excluding hydrogens is 382 g/mol. The fraction of sp³-hybridized carbons (Fsp3) is 0.318. The van der Waals surface area contributed by atoms with Gasteiger partial charge in [0, 0.05) is 31.7 Å². The lowest BCUT2D eigenvalue weighted by molar-refractivity contribution is 0.164. The van der Waals surface area contributed by atoms with E-state index in [0.29, 0.717) is 11.7 Å². The summed E-state index contributed by atoms with van der Waals surface area (Å²) in [5, 5.41) is 5.30. The first kappa shape index (κ1) is 18.3. The molecule has 1 fully saturated rings. The predicted molar refractivity (Wildman–Crippen MR) is 116 cm³/mol. The van der Waals surface area contributed by atoms with Crippen LogP contribution >= 0.6 is 11.3 Å². The van der Waals surface area contributed by atoms with Crippen molar-refractivity contribution in [2.24, 2.45) is 0 Å². The van der Waals surface area contributed by atoms with Gasteiger partial charge >= 0.3 is 0 Å². The summed E-state index contributed by atoms with van der Waals surface area (Å²) in [4.78, 5) is 14.2. The number of anilines is 1. The summed E-state index contributed by atoms with van der Waals surface area (Å²) in [6, 6.07) is 16.6. The van der Waals surface area contributed by atoms with E-state index in [2.05, 4.69) is 64.1 Å². The molecule has 3 heterocycles. The van der Waals surface area contributed by atoms with Crippen LogP contribution in [0.4, 0.5) is 5.13 Å². The van der Waals surface area contributed by atoms with E-state index in [4.69, 9.17) is 9.51 Å². The van der Waals surface area contributed by atoms with Crippen LogP contribution in [0.3, 0.4) is 0 Å². The van der Waals surface area contributed by atoms with Crippen molar-refractivity contribution < 1.29 is 4.52 Å².